The number of ether oxygens (including phenoxy) is 1. The van der Waals surface area contributed by atoms with Crippen molar-refractivity contribution in [2.24, 2.45) is 5.92 Å². The molecular formula is C22H21FN4O3. The molecule has 2 unspecified atom stereocenters. The van der Waals surface area contributed by atoms with Crippen molar-refractivity contribution in [3.8, 4) is 11.5 Å². The van der Waals surface area contributed by atoms with Crippen LogP contribution in [0.25, 0.3) is 0 Å². The van der Waals surface area contributed by atoms with Crippen molar-refractivity contribution >= 4 is 11.7 Å². The molecule has 1 aliphatic rings. The van der Waals surface area contributed by atoms with Crippen molar-refractivity contribution in [2.75, 3.05) is 11.9 Å². The van der Waals surface area contributed by atoms with Crippen LogP contribution in [-0.4, -0.2) is 32.6 Å². The molecule has 1 amide bonds. The molecule has 1 saturated carbocycles. The van der Waals surface area contributed by atoms with Crippen LogP contribution in [0.5, 0.6) is 11.5 Å². The van der Waals surface area contributed by atoms with E-state index >= 15 is 0 Å². The normalized spacial score (nSPS) is 19.9. The van der Waals surface area contributed by atoms with Gasteiger partial charge in [-0.25, -0.2) is 19.3 Å². The van der Waals surface area contributed by atoms with Gasteiger partial charge < -0.3 is 15.2 Å². The molecule has 2 aromatic heterocycles. The highest BCUT2D eigenvalue weighted by Gasteiger charge is 2.61. The first-order chi connectivity index (χ1) is 14.4. The Morgan fingerprint density at radius 2 is 2.03 bits per heavy atom. The first-order valence-corrected chi connectivity index (χ1v) is 9.53. The van der Waals surface area contributed by atoms with E-state index in [0.29, 0.717) is 29.3 Å². The Kier molecular flexibility index (Phi) is 5.07. The number of phenolic OH excluding ortho intramolecular Hbond substituents is 1. The van der Waals surface area contributed by atoms with Gasteiger partial charge in [0.05, 0.1) is 30.6 Å². The SMILES string of the molecule is Cc1ncc(OCC2(c3ccccc3O)CC2C(=O)Nc2ccc(F)cn2)c(C)n1. The van der Waals surface area contributed by atoms with Crippen molar-refractivity contribution in [3.63, 3.8) is 0 Å². The Labute approximate surface area is 173 Å². The Hall–Kier alpha value is -3.55. The van der Waals surface area contributed by atoms with Crippen molar-refractivity contribution in [1.29, 1.82) is 0 Å². The van der Waals surface area contributed by atoms with Crippen LogP contribution in [0, 0.1) is 25.6 Å². The summed E-state index contributed by atoms with van der Waals surface area (Å²) in [6.45, 7) is 3.80. The van der Waals surface area contributed by atoms with E-state index in [-0.39, 0.29) is 24.1 Å². The molecule has 1 aromatic carbocycles. The minimum absolute atomic E-state index is 0.105. The second-order valence-corrected chi connectivity index (χ2v) is 7.44. The number of halogens is 1. The van der Waals surface area contributed by atoms with E-state index in [1.54, 1.807) is 31.3 Å². The maximum atomic E-state index is 13.1. The van der Waals surface area contributed by atoms with Gasteiger partial charge in [0.25, 0.3) is 0 Å². The number of amides is 1. The number of hydrogen-bond acceptors (Lipinski definition) is 6. The monoisotopic (exact) mass is 408 g/mol. The summed E-state index contributed by atoms with van der Waals surface area (Å²) in [6, 6.07) is 9.56. The molecule has 0 radical (unpaired) electrons. The fourth-order valence-electron chi connectivity index (χ4n) is 3.66. The number of aromatic hydroxyl groups is 1. The molecule has 0 bridgehead atoms. The molecular weight excluding hydrogens is 387 g/mol. The van der Waals surface area contributed by atoms with Crippen molar-refractivity contribution in [3.05, 3.63) is 71.7 Å². The molecule has 1 aliphatic carbocycles. The first-order valence-electron chi connectivity index (χ1n) is 9.53. The number of pyridine rings is 1. The summed E-state index contributed by atoms with van der Waals surface area (Å²) in [5.74, 6) is 0.359. The summed E-state index contributed by atoms with van der Waals surface area (Å²) >= 11 is 0. The van der Waals surface area contributed by atoms with Crippen molar-refractivity contribution < 1.29 is 19.0 Å². The summed E-state index contributed by atoms with van der Waals surface area (Å²) < 4.78 is 19.1. The summed E-state index contributed by atoms with van der Waals surface area (Å²) in [7, 11) is 0. The van der Waals surface area contributed by atoms with Crippen molar-refractivity contribution in [2.45, 2.75) is 25.7 Å². The average Bonchev–Trinajstić information content (AvgIpc) is 3.45. The predicted octanol–water partition coefficient (Wildman–Crippen LogP) is 3.31. The third-order valence-corrected chi connectivity index (χ3v) is 5.35. The van der Waals surface area contributed by atoms with Gasteiger partial charge in [0, 0.05) is 11.0 Å². The molecule has 154 valence electrons. The lowest BCUT2D eigenvalue weighted by molar-refractivity contribution is -0.117. The zero-order valence-electron chi connectivity index (χ0n) is 16.6. The Morgan fingerprint density at radius 3 is 2.73 bits per heavy atom. The molecule has 2 atom stereocenters. The lowest BCUT2D eigenvalue weighted by Gasteiger charge is -2.20. The quantitative estimate of drug-likeness (QED) is 0.650. The van der Waals surface area contributed by atoms with Crippen LogP contribution in [0.15, 0.2) is 48.8 Å². The lowest BCUT2D eigenvalue weighted by Crippen LogP contribution is -2.27. The third kappa shape index (κ3) is 3.80. The first kappa shape index (κ1) is 19.8. The minimum atomic E-state index is -0.702. The van der Waals surface area contributed by atoms with Gasteiger partial charge >= 0.3 is 0 Å². The van der Waals surface area contributed by atoms with Gasteiger partial charge in [-0.05, 0) is 38.5 Å². The smallest absolute Gasteiger partial charge is 0.229 e. The van der Waals surface area contributed by atoms with E-state index in [4.69, 9.17) is 4.74 Å². The fraction of sp³-hybridized carbons (Fsp3) is 0.273. The average molecular weight is 408 g/mol. The number of benzene rings is 1. The highest BCUT2D eigenvalue weighted by Crippen LogP contribution is 2.57. The second-order valence-electron chi connectivity index (χ2n) is 7.44. The molecule has 0 spiro atoms. The number of nitrogens with one attached hydrogen (secondary N) is 1. The van der Waals surface area contributed by atoms with Gasteiger partial charge in [0.1, 0.15) is 23.2 Å². The number of carbonyl (C=O) groups excluding carboxylic acids is 1. The lowest BCUT2D eigenvalue weighted by atomic mass is 9.92. The number of aryl methyl sites for hydroxylation is 2. The van der Waals surface area contributed by atoms with E-state index < -0.39 is 17.2 Å². The van der Waals surface area contributed by atoms with Gasteiger partial charge in [-0.2, -0.15) is 0 Å². The molecule has 7 nitrogen and oxygen atoms in total. The Bertz CT molecular complexity index is 1090. The highest BCUT2D eigenvalue weighted by atomic mass is 19.1. The molecule has 8 heteroatoms. The summed E-state index contributed by atoms with van der Waals surface area (Å²) in [4.78, 5) is 25.2. The fourth-order valence-corrected chi connectivity index (χ4v) is 3.66. The van der Waals surface area contributed by atoms with Crippen LogP contribution in [-0.2, 0) is 10.2 Å². The molecule has 30 heavy (non-hydrogen) atoms. The van der Waals surface area contributed by atoms with Crippen molar-refractivity contribution in [1.82, 2.24) is 15.0 Å². The highest BCUT2D eigenvalue weighted by molar-refractivity contribution is 5.95. The van der Waals surface area contributed by atoms with E-state index in [0.717, 1.165) is 6.20 Å². The molecule has 1 fully saturated rings. The molecule has 2 N–H and O–H groups in total. The number of carbonyl (C=O) groups is 1. The summed E-state index contributed by atoms with van der Waals surface area (Å²) in [5, 5.41) is 13.1. The van der Waals surface area contributed by atoms with Gasteiger partial charge in [-0.15, -0.1) is 0 Å². The number of rotatable bonds is 6. The second kappa shape index (κ2) is 7.70. The van der Waals surface area contributed by atoms with Gasteiger partial charge in [-0.3, -0.25) is 4.79 Å². The van der Waals surface area contributed by atoms with Gasteiger partial charge in [0.2, 0.25) is 5.91 Å². The van der Waals surface area contributed by atoms with Crippen LogP contribution in [0.3, 0.4) is 0 Å². The molecule has 0 saturated heterocycles. The van der Waals surface area contributed by atoms with E-state index in [2.05, 4.69) is 20.3 Å². The number of phenols is 1. The Morgan fingerprint density at radius 1 is 1.23 bits per heavy atom. The van der Waals surface area contributed by atoms with Crippen LogP contribution in [0.4, 0.5) is 10.2 Å². The maximum absolute atomic E-state index is 13.1. The van der Waals surface area contributed by atoms with Crippen LogP contribution in [0.2, 0.25) is 0 Å². The number of nitrogens with zero attached hydrogens (tertiary/aromatic N) is 3. The zero-order chi connectivity index (χ0) is 21.3. The zero-order valence-corrected chi connectivity index (χ0v) is 16.6. The molecule has 3 aromatic rings. The number of para-hydroxylation sites is 1. The largest absolute Gasteiger partial charge is 0.508 e. The number of anilines is 1. The summed E-state index contributed by atoms with van der Waals surface area (Å²) in [6.07, 6.45) is 3.14. The van der Waals surface area contributed by atoms with Gasteiger partial charge in [0.15, 0.2) is 5.75 Å². The van der Waals surface area contributed by atoms with E-state index in [1.807, 2.05) is 13.0 Å². The van der Waals surface area contributed by atoms with Gasteiger partial charge in [-0.1, -0.05) is 18.2 Å². The Balaban J connectivity index is 1.57. The molecule has 2 heterocycles. The van der Waals surface area contributed by atoms with Crippen LogP contribution in [0.1, 0.15) is 23.5 Å². The molecule has 4 rings (SSSR count). The maximum Gasteiger partial charge on any atom is 0.229 e. The molecule has 0 aliphatic heterocycles. The minimum Gasteiger partial charge on any atom is -0.508 e. The predicted molar refractivity (Wildman–Crippen MR) is 108 cm³/mol. The standard InChI is InChI=1S/C22H21FN4O3/c1-13-19(11-24-14(2)26-13)30-12-22(16-5-3-4-6-18(16)28)9-17(22)21(29)27-20-8-7-15(23)10-25-20/h3-8,10-11,17,28H,9,12H2,1-2H3,(H,25,27,29). The topological polar surface area (TPSA) is 97.2 Å². The van der Waals surface area contributed by atoms with E-state index in [1.165, 1.54) is 12.1 Å². The third-order valence-electron chi connectivity index (χ3n) is 5.35. The number of hydrogen-bond donors (Lipinski definition) is 2. The van der Waals surface area contributed by atoms with Crippen LogP contribution >= 0.6 is 0 Å². The van der Waals surface area contributed by atoms with Crippen LogP contribution < -0.4 is 10.1 Å². The van der Waals surface area contributed by atoms with E-state index in [9.17, 15) is 14.3 Å². The summed E-state index contributed by atoms with van der Waals surface area (Å²) in [5.41, 5.74) is 0.641. The number of aromatic nitrogens is 3.